The average molecular weight is 213 g/mol. The van der Waals surface area contributed by atoms with Gasteiger partial charge in [-0.2, -0.15) is 0 Å². The molecule has 0 atom stereocenters. The number of imidazole rings is 1. The van der Waals surface area contributed by atoms with Crippen molar-refractivity contribution in [2.75, 3.05) is 5.88 Å². The van der Waals surface area contributed by atoms with E-state index < -0.39 is 0 Å². The smallest absolute Gasteiger partial charge is 0.296 e. The van der Waals surface area contributed by atoms with Gasteiger partial charge in [0.1, 0.15) is 0 Å². The molecule has 14 heavy (non-hydrogen) atoms. The highest BCUT2D eigenvalue weighted by Crippen LogP contribution is 2.33. The molecule has 3 nitrogen and oxygen atoms in total. The molecule has 0 unspecified atom stereocenters. The van der Waals surface area contributed by atoms with Crippen LogP contribution in [0.4, 0.5) is 0 Å². The molecule has 0 amide bonds. The number of nitrogens with zero attached hydrogens (tertiary/aromatic N) is 2. The van der Waals surface area contributed by atoms with E-state index >= 15 is 0 Å². The maximum atomic E-state index is 11.7. The van der Waals surface area contributed by atoms with E-state index in [9.17, 15) is 4.79 Å². The van der Waals surface area contributed by atoms with Crippen molar-refractivity contribution in [3.05, 3.63) is 35.0 Å². The van der Waals surface area contributed by atoms with Crippen LogP contribution in [0.1, 0.15) is 18.9 Å². The minimum absolute atomic E-state index is 0.0544. The first-order valence-corrected chi connectivity index (χ1v) is 5.25. The van der Waals surface area contributed by atoms with Gasteiger partial charge in [-0.05, 0) is 18.4 Å². The van der Waals surface area contributed by atoms with Gasteiger partial charge >= 0.3 is 5.69 Å². The lowest BCUT2D eigenvalue weighted by atomic mass is 10.3. The lowest BCUT2D eigenvalue weighted by molar-refractivity contribution is 0.653. The van der Waals surface area contributed by atoms with Crippen molar-refractivity contribution in [3.8, 4) is 0 Å². The molecule has 0 aromatic carbocycles. The Morgan fingerprint density at radius 1 is 1.57 bits per heavy atom. The van der Waals surface area contributed by atoms with Gasteiger partial charge in [0.05, 0.1) is 0 Å². The Labute approximate surface area is 87.6 Å². The van der Waals surface area contributed by atoms with Gasteiger partial charge in [-0.3, -0.25) is 9.13 Å². The SMILES string of the molecule is C=C(CCl)Cn1ccn(C2CC2)c1=O. The molecule has 0 bridgehead atoms. The topological polar surface area (TPSA) is 26.9 Å². The molecular weight excluding hydrogens is 200 g/mol. The van der Waals surface area contributed by atoms with Crippen molar-refractivity contribution in [2.24, 2.45) is 0 Å². The first kappa shape index (κ1) is 9.59. The Morgan fingerprint density at radius 3 is 2.86 bits per heavy atom. The summed E-state index contributed by atoms with van der Waals surface area (Å²) in [6.45, 7) is 4.31. The summed E-state index contributed by atoms with van der Waals surface area (Å²) in [5, 5.41) is 0. The van der Waals surface area contributed by atoms with Gasteiger partial charge in [-0.25, -0.2) is 4.79 Å². The van der Waals surface area contributed by atoms with Crippen LogP contribution >= 0.6 is 11.6 Å². The molecule has 0 aliphatic heterocycles. The first-order chi connectivity index (χ1) is 6.72. The van der Waals surface area contributed by atoms with E-state index in [0.717, 1.165) is 18.4 Å². The van der Waals surface area contributed by atoms with Crippen LogP contribution in [0.2, 0.25) is 0 Å². The van der Waals surface area contributed by atoms with E-state index in [1.54, 1.807) is 15.3 Å². The Morgan fingerprint density at radius 2 is 2.29 bits per heavy atom. The van der Waals surface area contributed by atoms with Crippen LogP contribution in [0, 0.1) is 0 Å². The molecule has 4 heteroatoms. The van der Waals surface area contributed by atoms with Crippen molar-refractivity contribution in [2.45, 2.75) is 25.4 Å². The highest BCUT2D eigenvalue weighted by Gasteiger charge is 2.25. The third-order valence-electron chi connectivity index (χ3n) is 2.40. The Hall–Kier alpha value is -0.960. The second kappa shape index (κ2) is 3.65. The number of hydrogen-bond acceptors (Lipinski definition) is 1. The van der Waals surface area contributed by atoms with E-state index in [2.05, 4.69) is 6.58 Å². The third kappa shape index (κ3) is 1.77. The molecule has 1 heterocycles. The molecule has 0 radical (unpaired) electrons. The monoisotopic (exact) mass is 212 g/mol. The van der Waals surface area contributed by atoms with Crippen LogP contribution in [-0.2, 0) is 6.54 Å². The molecule has 1 saturated carbocycles. The summed E-state index contributed by atoms with van der Waals surface area (Å²) < 4.78 is 3.45. The predicted octanol–water partition coefficient (Wildman–Crippen LogP) is 1.78. The second-order valence-corrected chi connectivity index (χ2v) is 4.00. The zero-order valence-corrected chi connectivity index (χ0v) is 8.70. The van der Waals surface area contributed by atoms with Gasteiger partial charge in [-0.15, -0.1) is 11.6 Å². The van der Waals surface area contributed by atoms with Gasteiger partial charge in [0.15, 0.2) is 0 Å². The van der Waals surface area contributed by atoms with E-state index in [-0.39, 0.29) is 5.69 Å². The van der Waals surface area contributed by atoms with Crippen LogP contribution in [0.25, 0.3) is 0 Å². The quantitative estimate of drug-likeness (QED) is 0.552. The van der Waals surface area contributed by atoms with Crippen molar-refractivity contribution >= 4 is 11.6 Å². The van der Waals surface area contributed by atoms with Crippen LogP contribution in [0.5, 0.6) is 0 Å². The fourth-order valence-electron chi connectivity index (χ4n) is 1.46. The largest absolute Gasteiger partial charge is 0.328 e. The Kier molecular flexibility index (Phi) is 2.50. The molecule has 1 fully saturated rings. The fourth-order valence-corrected chi connectivity index (χ4v) is 1.55. The maximum absolute atomic E-state index is 11.7. The summed E-state index contributed by atoms with van der Waals surface area (Å²) >= 11 is 5.61. The Bertz CT molecular complexity index is 400. The number of rotatable bonds is 4. The molecule has 76 valence electrons. The summed E-state index contributed by atoms with van der Waals surface area (Å²) in [4.78, 5) is 11.7. The summed E-state index contributed by atoms with van der Waals surface area (Å²) in [7, 11) is 0. The minimum atomic E-state index is 0.0544. The fraction of sp³-hybridized carbons (Fsp3) is 0.500. The number of aromatic nitrogens is 2. The summed E-state index contributed by atoms with van der Waals surface area (Å²) in [5.74, 6) is 0.404. The van der Waals surface area contributed by atoms with Crippen LogP contribution in [0.3, 0.4) is 0 Å². The number of hydrogen-bond donors (Lipinski definition) is 0. The van der Waals surface area contributed by atoms with E-state index in [0.29, 0.717) is 18.5 Å². The molecule has 2 rings (SSSR count). The van der Waals surface area contributed by atoms with Crippen LogP contribution in [0.15, 0.2) is 29.3 Å². The second-order valence-electron chi connectivity index (χ2n) is 3.73. The normalized spacial score (nSPS) is 15.8. The molecule has 0 spiro atoms. The third-order valence-corrected chi connectivity index (χ3v) is 2.77. The molecule has 1 aromatic heterocycles. The summed E-state index contributed by atoms with van der Waals surface area (Å²) in [6, 6.07) is 0.438. The highest BCUT2D eigenvalue weighted by atomic mass is 35.5. The molecule has 0 saturated heterocycles. The molecule has 1 aliphatic rings. The van der Waals surface area contributed by atoms with Gasteiger partial charge in [0, 0.05) is 30.9 Å². The number of halogens is 1. The highest BCUT2D eigenvalue weighted by molar-refractivity contribution is 6.19. The number of alkyl halides is 1. The maximum Gasteiger partial charge on any atom is 0.328 e. The Balaban J connectivity index is 2.18. The zero-order valence-electron chi connectivity index (χ0n) is 7.95. The van der Waals surface area contributed by atoms with Gasteiger partial charge in [0.25, 0.3) is 0 Å². The lowest BCUT2D eigenvalue weighted by Crippen LogP contribution is -2.24. The van der Waals surface area contributed by atoms with E-state index in [4.69, 9.17) is 11.6 Å². The summed E-state index contributed by atoms with van der Waals surface area (Å²) in [5.41, 5.74) is 0.918. The van der Waals surface area contributed by atoms with E-state index in [1.807, 2.05) is 6.20 Å². The van der Waals surface area contributed by atoms with Crippen LogP contribution < -0.4 is 5.69 Å². The molecule has 1 aromatic rings. The molecule has 1 aliphatic carbocycles. The molecular formula is C10H13ClN2O. The zero-order chi connectivity index (χ0) is 10.1. The van der Waals surface area contributed by atoms with Gasteiger partial charge < -0.3 is 0 Å². The molecule has 0 N–H and O–H groups in total. The minimum Gasteiger partial charge on any atom is -0.296 e. The van der Waals surface area contributed by atoms with Gasteiger partial charge in [0.2, 0.25) is 0 Å². The van der Waals surface area contributed by atoms with E-state index in [1.165, 1.54) is 0 Å². The predicted molar refractivity (Wildman–Crippen MR) is 56.8 cm³/mol. The standard InChI is InChI=1S/C10H13ClN2O/c1-8(6-11)7-12-4-5-13(10(12)14)9-2-3-9/h4-5,9H,1-3,6-7H2. The van der Waals surface area contributed by atoms with Crippen molar-refractivity contribution in [1.82, 2.24) is 9.13 Å². The summed E-state index contributed by atoms with van der Waals surface area (Å²) in [6.07, 6.45) is 5.90. The lowest BCUT2D eigenvalue weighted by Gasteiger charge is -2.01. The van der Waals surface area contributed by atoms with Crippen LogP contribution in [-0.4, -0.2) is 15.0 Å². The van der Waals surface area contributed by atoms with Crippen molar-refractivity contribution in [3.63, 3.8) is 0 Å². The average Bonchev–Trinajstić information content (AvgIpc) is 2.95. The van der Waals surface area contributed by atoms with Crippen molar-refractivity contribution in [1.29, 1.82) is 0 Å². The number of allylic oxidation sites excluding steroid dienone is 1. The van der Waals surface area contributed by atoms with Crippen molar-refractivity contribution < 1.29 is 0 Å². The van der Waals surface area contributed by atoms with Gasteiger partial charge in [-0.1, -0.05) is 6.58 Å². The first-order valence-electron chi connectivity index (χ1n) is 4.72.